The molecule has 0 aliphatic rings. The van der Waals surface area contributed by atoms with E-state index in [-0.39, 0.29) is 0 Å². The number of amides is 1. The minimum atomic E-state index is -0.593. The zero-order valence-electron chi connectivity index (χ0n) is 16.4. The fourth-order valence-electron chi connectivity index (χ4n) is 2.28. The second-order valence-corrected chi connectivity index (χ2v) is 7.06. The molecule has 0 aliphatic heterocycles. The van der Waals surface area contributed by atoms with E-state index < -0.39 is 18.5 Å². The molecule has 2 aromatic carbocycles. The Kier molecular flexibility index (Phi) is 7.70. The molecule has 0 heterocycles. The summed E-state index contributed by atoms with van der Waals surface area (Å²) in [5, 5.41) is 3.18. The zero-order valence-corrected chi connectivity index (χ0v) is 17.1. The third kappa shape index (κ3) is 6.16. The average Bonchev–Trinajstić information content (AvgIpc) is 2.67. The smallest absolute Gasteiger partial charge is 0.338 e. The molecular weight excluding hydrogens is 382 g/mol. The van der Waals surface area contributed by atoms with E-state index in [9.17, 15) is 9.59 Å². The van der Waals surface area contributed by atoms with Crippen LogP contribution in [0, 0.1) is 12.8 Å². The van der Waals surface area contributed by atoms with E-state index in [0.29, 0.717) is 40.3 Å². The van der Waals surface area contributed by atoms with Crippen LogP contribution in [0.1, 0.15) is 29.8 Å². The molecular formula is C21H24ClNO5. The van der Waals surface area contributed by atoms with Gasteiger partial charge in [-0.15, -0.1) is 0 Å². The number of carbonyl (C=O) groups excluding carboxylic acids is 2. The number of nitrogens with one attached hydrogen (secondary N) is 1. The first-order valence-corrected chi connectivity index (χ1v) is 9.22. The molecule has 1 amide bonds. The van der Waals surface area contributed by atoms with E-state index >= 15 is 0 Å². The number of hydrogen-bond acceptors (Lipinski definition) is 5. The van der Waals surface area contributed by atoms with Crippen molar-refractivity contribution in [2.24, 2.45) is 5.92 Å². The highest BCUT2D eigenvalue weighted by Gasteiger charge is 2.13. The first-order valence-electron chi connectivity index (χ1n) is 8.84. The molecule has 0 atom stereocenters. The molecule has 6 nitrogen and oxygen atoms in total. The molecule has 1 N–H and O–H groups in total. The van der Waals surface area contributed by atoms with Gasteiger partial charge in [-0.2, -0.15) is 0 Å². The minimum Gasteiger partial charge on any atom is -0.495 e. The fourth-order valence-corrected chi connectivity index (χ4v) is 2.43. The van der Waals surface area contributed by atoms with Crippen molar-refractivity contribution >= 4 is 29.2 Å². The molecule has 150 valence electrons. The van der Waals surface area contributed by atoms with Crippen LogP contribution in [0.5, 0.6) is 11.5 Å². The number of methoxy groups -OCH3 is 1. The standard InChI is InChI=1S/C21H24ClNO5/c1-13(2)11-27-16-7-5-15(6-8-16)21(25)28-12-20(24)23-18-9-14(3)17(22)10-19(18)26-4/h5-10,13H,11-12H2,1-4H3,(H,23,24). The zero-order chi connectivity index (χ0) is 20.7. The van der Waals surface area contributed by atoms with Gasteiger partial charge < -0.3 is 19.5 Å². The van der Waals surface area contributed by atoms with Crippen molar-refractivity contribution < 1.29 is 23.8 Å². The number of carbonyl (C=O) groups is 2. The van der Waals surface area contributed by atoms with Crippen molar-refractivity contribution in [3.63, 3.8) is 0 Å². The molecule has 2 rings (SSSR count). The van der Waals surface area contributed by atoms with Crippen LogP contribution < -0.4 is 14.8 Å². The lowest BCUT2D eigenvalue weighted by molar-refractivity contribution is -0.119. The van der Waals surface area contributed by atoms with Crippen molar-refractivity contribution in [2.45, 2.75) is 20.8 Å². The van der Waals surface area contributed by atoms with Gasteiger partial charge in [0, 0.05) is 11.1 Å². The first-order chi connectivity index (χ1) is 13.3. The Balaban J connectivity index is 1.90. The number of esters is 1. The van der Waals surface area contributed by atoms with E-state index in [1.165, 1.54) is 7.11 Å². The number of ether oxygens (including phenoxy) is 3. The summed E-state index contributed by atoms with van der Waals surface area (Å²) in [7, 11) is 1.48. The van der Waals surface area contributed by atoms with Crippen molar-refractivity contribution in [2.75, 3.05) is 25.6 Å². The van der Waals surface area contributed by atoms with E-state index in [0.717, 1.165) is 5.56 Å². The summed E-state index contributed by atoms with van der Waals surface area (Å²) >= 11 is 6.05. The lowest BCUT2D eigenvalue weighted by atomic mass is 10.2. The van der Waals surface area contributed by atoms with Crippen molar-refractivity contribution in [1.29, 1.82) is 0 Å². The number of halogens is 1. The number of aryl methyl sites for hydroxylation is 1. The summed E-state index contributed by atoms with van der Waals surface area (Å²) < 4.78 is 15.8. The maximum absolute atomic E-state index is 12.1. The molecule has 0 fully saturated rings. The Morgan fingerprint density at radius 3 is 2.43 bits per heavy atom. The molecule has 28 heavy (non-hydrogen) atoms. The normalized spacial score (nSPS) is 10.5. The van der Waals surface area contributed by atoms with Crippen LogP contribution in [0.2, 0.25) is 5.02 Å². The molecule has 0 aromatic heterocycles. The molecule has 0 bridgehead atoms. The summed E-state index contributed by atoms with van der Waals surface area (Å²) in [6.07, 6.45) is 0. The van der Waals surface area contributed by atoms with Gasteiger partial charge in [0.25, 0.3) is 5.91 Å². The van der Waals surface area contributed by atoms with Gasteiger partial charge >= 0.3 is 5.97 Å². The van der Waals surface area contributed by atoms with E-state index in [4.69, 9.17) is 25.8 Å². The predicted molar refractivity (Wildman–Crippen MR) is 108 cm³/mol. The largest absolute Gasteiger partial charge is 0.495 e. The second kappa shape index (κ2) is 9.99. The van der Waals surface area contributed by atoms with Crippen LogP contribution in [-0.2, 0) is 9.53 Å². The predicted octanol–water partition coefficient (Wildman–Crippen LogP) is 4.49. The number of benzene rings is 2. The number of hydrogen-bond donors (Lipinski definition) is 1. The summed E-state index contributed by atoms with van der Waals surface area (Å²) in [4.78, 5) is 24.2. The van der Waals surface area contributed by atoms with Crippen molar-refractivity contribution in [3.05, 3.63) is 52.5 Å². The molecule has 0 unspecified atom stereocenters. The fraction of sp³-hybridized carbons (Fsp3) is 0.333. The molecule has 0 saturated heterocycles. The molecule has 0 spiro atoms. The lowest BCUT2D eigenvalue weighted by Crippen LogP contribution is -2.21. The Bertz CT molecular complexity index is 833. The van der Waals surface area contributed by atoms with E-state index in [2.05, 4.69) is 19.2 Å². The Morgan fingerprint density at radius 2 is 1.82 bits per heavy atom. The van der Waals surface area contributed by atoms with Gasteiger partial charge in [-0.05, 0) is 48.7 Å². The second-order valence-electron chi connectivity index (χ2n) is 6.66. The highest BCUT2D eigenvalue weighted by molar-refractivity contribution is 6.31. The topological polar surface area (TPSA) is 73.9 Å². The highest BCUT2D eigenvalue weighted by atomic mass is 35.5. The Morgan fingerprint density at radius 1 is 1.14 bits per heavy atom. The monoisotopic (exact) mass is 405 g/mol. The van der Waals surface area contributed by atoms with Gasteiger partial charge in [-0.1, -0.05) is 25.4 Å². The minimum absolute atomic E-state index is 0.338. The molecule has 2 aromatic rings. The van der Waals surface area contributed by atoms with Gasteiger partial charge in [-0.3, -0.25) is 4.79 Å². The van der Waals surface area contributed by atoms with Crippen molar-refractivity contribution in [1.82, 2.24) is 0 Å². The van der Waals surface area contributed by atoms with Crippen LogP contribution in [0.25, 0.3) is 0 Å². The third-order valence-corrected chi connectivity index (χ3v) is 4.17. The molecule has 7 heteroatoms. The first kappa shape index (κ1) is 21.6. The number of rotatable bonds is 8. The van der Waals surface area contributed by atoms with Gasteiger partial charge in [0.2, 0.25) is 0 Å². The van der Waals surface area contributed by atoms with Crippen LogP contribution in [0.4, 0.5) is 5.69 Å². The molecule has 0 radical (unpaired) electrons. The van der Waals surface area contributed by atoms with Crippen LogP contribution in [-0.4, -0.2) is 32.2 Å². The third-order valence-electron chi connectivity index (χ3n) is 3.76. The van der Waals surface area contributed by atoms with Gasteiger partial charge in [0.1, 0.15) is 11.5 Å². The lowest BCUT2D eigenvalue weighted by Gasteiger charge is -2.12. The summed E-state index contributed by atoms with van der Waals surface area (Å²) in [5.74, 6) is 0.432. The highest BCUT2D eigenvalue weighted by Crippen LogP contribution is 2.30. The average molecular weight is 406 g/mol. The Labute approximate surface area is 169 Å². The van der Waals surface area contributed by atoms with Gasteiger partial charge in [0.15, 0.2) is 6.61 Å². The quantitative estimate of drug-likeness (QED) is 0.655. The molecule has 0 saturated carbocycles. The maximum atomic E-state index is 12.1. The maximum Gasteiger partial charge on any atom is 0.338 e. The van der Waals surface area contributed by atoms with Crippen LogP contribution in [0.3, 0.4) is 0 Å². The van der Waals surface area contributed by atoms with Crippen LogP contribution >= 0.6 is 11.6 Å². The van der Waals surface area contributed by atoms with E-state index in [1.54, 1.807) is 36.4 Å². The van der Waals surface area contributed by atoms with Gasteiger partial charge in [-0.25, -0.2) is 4.79 Å². The van der Waals surface area contributed by atoms with Gasteiger partial charge in [0.05, 0.1) is 25.0 Å². The summed E-state index contributed by atoms with van der Waals surface area (Å²) in [6, 6.07) is 9.89. The summed E-state index contributed by atoms with van der Waals surface area (Å²) in [5.41, 5.74) is 1.58. The number of anilines is 1. The Hall–Kier alpha value is -2.73. The summed E-state index contributed by atoms with van der Waals surface area (Å²) in [6.45, 7) is 6.09. The van der Waals surface area contributed by atoms with E-state index in [1.807, 2.05) is 6.92 Å². The molecule has 0 aliphatic carbocycles. The van der Waals surface area contributed by atoms with Crippen molar-refractivity contribution in [3.8, 4) is 11.5 Å². The SMILES string of the molecule is COc1cc(Cl)c(C)cc1NC(=O)COC(=O)c1ccc(OCC(C)C)cc1. The van der Waals surface area contributed by atoms with Crippen LogP contribution in [0.15, 0.2) is 36.4 Å².